The second-order valence-corrected chi connectivity index (χ2v) is 9.31. The van der Waals surface area contributed by atoms with Crippen molar-refractivity contribution in [2.45, 2.75) is 19.4 Å². The van der Waals surface area contributed by atoms with Crippen molar-refractivity contribution in [2.75, 3.05) is 44.0 Å². The van der Waals surface area contributed by atoms with Gasteiger partial charge in [-0.2, -0.15) is 0 Å². The largest absolute Gasteiger partial charge is 0.493 e. The Kier molecular flexibility index (Phi) is 8.09. The predicted molar refractivity (Wildman–Crippen MR) is 140 cm³/mol. The lowest BCUT2D eigenvalue weighted by Crippen LogP contribution is -2.53. The molecule has 0 unspecified atom stereocenters. The number of methoxy groups -OCH3 is 1. The maximum Gasteiger partial charge on any atom is 0.407 e. The van der Waals surface area contributed by atoms with Gasteiger partial charge in [-0.05, 0) is 42.8 Å². The van der Waals surface area contributed by atoms with E-state index in [0.717, 1.165) is 0 Å². The Balaban J connectivity index is 1.55. The van der Waals surface area contributed by atoms with Gasteiger partial charge in [0.1, 0.15) is 5.82 Å². The molecule has 1 aliphatic heterocycles. The zero-order valence-electron chi connectivity index (χ0n) is 20.2. The van der Waals surface area contributed by atoms with Crippen LogP contribution in [0.4, 0.5) is 20.8 Å². The number of carboxylic acid groups (broad SMARTS) is 1. The van der Waals surface area contributed by atoms with Crippen LogP contribution in [0.1, 0.15) is 12.5 Å². The van der Waals surface area contributed by atoms with Crippen molar-refractivity contribution in [3.05, 3.63) is 58.0 Å². The van der Waals surface area contributed by atoms with E-state index in [9.17, 15) is 14.3 Å². The summed E-state index contributed by atoms with van der Waals surface area (Å²) in [7, 11) is 1.56. The van der Waals surface area contributed by atoms with Crippen LogP contribution in [-0.2, 0) is 6.42 Å². The van der Waals surface area contributed by atoms with Crippen LogP contribution in [-0.4, -0.2) is 65.5 Å². The van der Waals surface area contributed by atoms with Gasteiger partial charge in [0.25, 0.3) is 0 Å². The van der Waals surface area contributed by atoms with Gasteiger partial charge < -0.3 is 30.1 Å². The smallest absolute Gasteiger partial charge is 0.407 e. The van der Waals surface area contributed by atoms with Crippen LogP contribution >= 0.6 is 23.2 Å². The molecule has 196 valence electrons. The van der Waals surface area contributed by atoms with Crippen molar-refractivity contribution in [1.29, 1.82) is 0 Å². The molecule has 9 nitrogen and oxygen atoms in total. The number of anilines is 2. The quantitative estimate of drug-likeness (QED) is 0.396. The van der Waals surface area contributed by atoms with Crippen molar-refractivity contribution in [2.24, 2.45) is 0 Å². The van der Waals surface area contributed by atoms with Gasteiger partial charge in [0.2, 0.25) is 0 Å². The minimum atomic E-state index is -0.942. The van der Waals surface area contributed by atoms with Crippen LogP contribution in [0.5, 0.6) is 11.5 Å². The third kappa shape index (κ3) is 5.75. The lowest BCUT2D eigenvalue weighted by molar-refractivity contribution is 0.136. The molecule has 1 fully saturated rings. The molecule has 1 aliphatic rings. The number of ether oxygens (including phenoxy) is 2. The van der Waals surface area contributed by atoms with E-state index in [-0.39, 0.29) is 29.9 Å². The topological polar surface area (TPSA) is 114 Å². The van der Waals surface area contributed by atoms with E-state index in [2.05, 4.69) is 4.98 Å². The summed E-state index contributed by atoms with van der Waals surface area (Å²) in [4.78, 5) is 23.8. The van der Waals surface area contributed by atoms with Gasteiger partial charge in [-0.1, -0.05) is 23.2 Å². The molecule has 0 radical (unpaired) electrons. The molecule has 3 heterocycles. The number of hydrogen-bond acceptors (Lipinski definition) is 7. The molecule has 0 aliphatic carbocycles. The standard InChI is InChI=1S/C25H26Cl2FN5O4/c1-14-13-32(25(34)35)8-9-33(14)24-20(36-2)6-5-19(31-24)15-11-21(23(29)30-12-15)37-10-7-16-17(26)3-4-18(28)22(16)27/h3-6,11-12,14H,7-10,13H2,1-2H3,(H2,29,30)(H,34,35)/t14-/m0/s1. The highest BCUT2D eigenvalue weighted by atomic mass is 35.5. The molecule has 3 N–H and O–H groups in total. The highest BCUT2D eigenvalue weighted by Crippen LogP contribution is 2.34. The first-order valence-electron chi connectivity index (χ1n) is 11.5. The minimum absolute atomic E-state index is 0.0377. The summed E-state index contributed by atoms with van der Waals surface area (Å²) in [6, 6.07) is 7.88. The average Bonchev–Trinajstić information content (AvgIpc) is 2.89. The highest BCUT2D eigenvalue weighted by molar-refractivity contribution is 6.36. The zero-order chi connectivity index (χ0) is 26.7. The van der Waals surface area contributed by atoms with E-state index >= 15 is 0 Å². The Morgan fingerprint density at radius 1 is 1.24 bits per heavy atom. The number of hydrogen-bond donors (Lipinski definition) is 2. The van der Waals surface area contributed by atoms with E-state index in [1.165, 1.54) is 17.0 Å². The highest BCUT2D eigenvalue weighted by Gasteiger charge is 2.29. The number of carbonyl (C=O) groups is 1. The molecule has 3 aromatic rings. The van der Waals surface area contributed by atoms with Crippen molar-refractivity contribution >= 4 is 40.9 Å². The van der Waals surface area contributed by atoms with Crippen LogP contribution in [0, 0.1) is 5.82 Å². The maximum atomic E-state index is 13.8. The first-order chi connectivity index (χ1) is 17.7. The van der Waals surface area contributed by atoms with E-state index in [1.54, 1.807) is 31.5 Å². The molecule has 2 aromatic heterocycles. The van der Waals surface area contributed by atoms with Crippen LogP contribution in [0.3, 0.4) is 0 Å². The number of halogens is 3. The monoisotopic (exact) mass is 549 g/mol. The summed E-state index contributed by atoms with van der Waals surface area (Å²) >= 11 is 12.2. The molecule has 1 atom stereocenters. The number of amides is 1. The second kappa shape index (κ2) is 11.3. The molecule has 12 heteroatoms. The van der Waals surface area contributed by atoms with Gasteiger partial charge in [-0.15, -0.1) is 0 Å². The summed E-state index contributed by atoms with van der Waals surface area (Å²) in [5, 5.41) is 9.64. The first-order valence-corrected chi connectivity index (χ1v) is 12.3. The number of pyridine rings is 2. The summed E-state index contributed by atoms with van der Waals surface area (Å²) in [6.45, 7) is 3.27. The molecular weight excluding hydrogens is 524 g/mol. The minimum Gasteiger partial charge on any atom is -0.493 e. The summed E-state index contributed by atoms with van der Waals surface area (Å²) < 4.78 is 25.2. The fourth-order valence-electron chi connectivity index (χ4n) is 4.18. The van der Waals surface area contributed by atoms with Crippen molar-refractivity contribution in [1.82, 2.24) is 14.9 Å². The van der Waals surface area contributed by atoms with Gasteiger partial charge in [0, 0.05) is 48.9 Å². The molecule has 4 rings (SSSR count). The normalized spacial score (nSPS) is 15.5. The van der Waals surface area contributed by atoms with Crippen molar-refractivity contribution in [3.63, 3.8) is 0 Å². The molecule has 0 spiro atoms. The summed E-state index contributed by atoms with van der Waals surface area (Å²) in [6.07, 6.45) is 0.916. The number of piperazine rings is 1. The fraction of sp³-hybridized carbons (Fsp3) is 0.320. The number of nitrogen functional groups attached to an aromatic ring is 1. The third-order valence-corrected chi connectivity index (χ3v) is 6.92. The van der Waals surface area contributed by atoms with E-state index < -0.39 is 11.9 Å². The Morgan fingerprint density at radius 2 is 2.03 bits per heavy atom. The van der Waals surface area contributed by atoms with Crippen LogP contribution in [0.2, 0.25) is 10.0 Å². The maximum absolute atomic E-state index is 13.8. The van der Waals surface area contributed by atoms with Crippen LogP contribution < -0.4 is 20.1 Å². The Labute approximate surface area is 223 Å². The van der Waals surface area contributed by atoms with E-state index in [0.29, 0.717) is 58.8 Å². The summed E-state index contributed by atoms with van der Waals surface area (Å²) in [5.41, 5.74) is 7.75. The SMILES string of the molecule is COc1ccc(-c2cnc(N)c(OCCc3c(Cl)ccc(F)c3Cl)c2)nc1N1CCN(C(=O)O)C[C@@H]1C. The van der Waals surface area contributed by atoms with Crippen LogP contribution in [0.25, 0.3) is 11.3 Å². The Morgan fingerprint density at radius 3 is 2.73 bits per heavy atom. The van der Waals surface area contributed by atoms with Gasteiger partial charge >= 0.3 is 6.09 Å². The lowest BCUT2D eigenvalue weighted by Gasteiger charge is -2.39. The average molecular weight is 550 g/mol. The zero-order valence-corrected chi connectivity index (χ0v) is 21.8. The van der Waals surface area contributed by atoms with Crippen LogP contribution in [0.15, 0.2) is 36.5 Å². The number of rotatable bonds is 7. The predicted octanol–water partition coefficient (Wildman–Crippen LogP) is 4.99. The molecule has 0 bridgehead atoms. The Bertz CT molecular complexity index is 1310. The van der Waals surface area contributed by atoms with E-state index in [4.69, 9.17) is 43.4 Å². The van der Waals surface area contributed by atoms with Crippen molar-refractivity contribution in [3.8, 4) is 22.8 Å². The summed E-state index contributed by atoms with van der Waals surface area (Å²) in [5.74, 6) is 1.15. The van der Waals surface area contributed by atoms with Gasteiger partial charge in [0.15, 0.2) is 23.1 Å². The van der Waals surface area contributed by atoms with Gasteiger partial charge in [-0.3, -0.25) is 0 Å². The molecule has 0 saturated carbocycles. The molecular formula is C25H26Cl2FN5O4. The lowest BCUT2D eigenvalue weighted by atomic mass is 10.1. The number of nitrogens with two attached hydrogens (primary N) is 1. The fourth-order valence-corrected chi connectivity index (χ4v) is 4.74. The number of benzene rings is 1. The third-order valence-electron chi connectivity index (χ3n) is 6.16. The number of aromatic nitrogens is 2. The molecule has 37 heavy (non-hydrogen) atoms. The molecule has 1 amide bonds. The first kappa shape index (κ1) is 26.6. The van der Waals surface area contributed by atoms with Gasteiger partial charge in [-0.25, -0.2) is 19.2 Å². The van der Waals surface area contributed by atoms with Gasteiger partial charge in [0.05, 0.1) is 24.4 Å². The molecule has 1 aromatic carbocycles. The second-order valence-electron chi connectivity index (χ2n) is 8.52. The number of nitrogens with zero attached hydrogens (tertiary/aromatic N) is 4. The Hall–Kier alpha value is -3.50. The molecule has 1 saturated heterocycles. The van der Waals surface area contributed by atoms with E-state index in [1.807, 2.05) is 11.8 Å². The van der Waals surface area contributed by atoms with Crippen molar-refractivity contribution < 1.29 is 23.8 Å².